The Hall–Kier alpha value is -1.24. The van der Waals surface area contributed by atoms with Gasteiger partial charge in [-0.3, -0.25) is 4.72 Å². The van der Waals surface area contributed by atoms with Crippen LogP contribution in [0.1, 0.15) is 0 Å². The lowest BCUT2D eigenvalue weighted by atomic mass is 10.3. The second-order valence-corrected chi connectivity index (χ2v) is 6.74. The minimum atomic E-state index is -3.70. The van der Waals surface area contributed by atoms with E-state index in [1.807, 2.05) is 0 Å². The van der Waals surface area contributed by atoms with Crippen LogP contribution in [0.25, 0.3) is 0 Å². The monoisotopic (exact) mass is 360 g/mol. The van der Waals surface area contributed by atoms with Crippen molar-refractivity contribution in [3.05, 3.63) is 52.0 Å². The SMILES string of the molecule is Nc1ccc(Br)c(S(=O)(=O)Nc2ccc(Cl)cc2)c1. The number of sulfonamides is 1. The molecule has 0 spiro atoms. The summed E-state index contributed by atoms with van der Waals surface area (Å²) in [6, 6.07) is 11.0. The summed E-state index contributed by atoms with van der Waals surface area (Å²) in [5.41, 5.74) is 6.41. The van der Waals surface area contributed by atoms with Crippen molar-refractivity contribution >= 4 is 48.9 Å². The fourth-order valence-corrected chi connectivity index (χ4v) is 3.64. The van der Waals surface area contributed by atoms with Crippen LogP contribution in [0.3, 0.4) is 0 Å². The Bertz CT molecular complexity index is 702. The Morgan fingerprint density at radius 2 is 1.74 bits per heavy atom. The summed E-state index contributed by atoms with van der Waals surface area (Å²) < 4.78 is 27.4. The van der Waals surface area contributed by atoms with E-state index in [0.717, 1.165) is 0 Å². The highest BCUT2D eigenvalue weighted by molar-refractivity contribution is 9.10. The van der Waals surface area contributed by atoms with Crippen molar-refractivity contribution in [1.82, 2.24) is 0 Å². The molecule has 0 fully saturated rings. The largest absolute Gasteiger partial charge is 0.399 e. The zero-order chi connectivity index (χ0) is 14.0. The minimum Gasteiger partial charge on any atom is -0.399 e. The van der Waals surface area contributed by atoms with E-state index >= 15 is 0 Å². The summed E-state index contributed by atoms with van der Waals surface area (Å²) >= 11 is 8.94. The second-order valence-electron chi connectivity index (χ2n) is 3.80. The van der Waals surface area contributed by atoms with E-state index in [4.69, 9.17) is 17.3 Å². The van der Waals surface area contributed by atoms with E-state index in [-0.39, 0.29) is 4.90 Å². The molecule has 0 saturated heterocycles. The van der Waals surface area contributed by atoms with Crippen LogP contribution in [0.15, 0.2) is 51.8 Å². The van der Waals surface area contributed by atoms with E-state index in [0.29, 0.717) is 20.9 Å². The molecule has 7 heteroatoms. The summed E-state index contributed by atoms with van der Waals surface area (Å²) in [7, 11) is -3.70. The molecule has 0 aromatic heterocycles. The van der Waals surface area contributed by atoms with Gasteiger partial charge in [0, 0.05) is 20.9 Å². The van der Waals surface area contributed by atoms with Gasteiger partial charge < -0.3 is 5.73 Å². The Kier molecular flexibility index (Phi) is 4.03. The molecular formula is C12H10BrClN2O2S. The number of anilines is 2. The molecule has 0 aliphatic carbocycles. The van der Waals surface area contributed by atoms with E-state index in [1.54, 1.807) is 36.4 Å². The molecule has 0 radical (unpaired) electrons. The van der Waals surface area contributed by atoms with Crippen molar-refractivity contribution in [3.63, 3.8) is 0 Å². The van der Waals surface area contributed by atoms with E-state index in [9.17, 15) is 8.42 Å². The van der Waals surface area contributed by atoms with Crippen LogP contribution < -0.4 is 10.5 Å². The van der Waals surface area contributed by atoms with Crippen molar-refractivity contribution in [1.29, 1.82) is 0 Å². The van der Waals surface area contributed by atoms with Gasteiger partial charge in [-0.05, 0) is 58.4 Å². The van der Waals surface area contributed by atoms with Crippen molar-refractivity contribution in [2.45, 2.75) is 4.90 Å². The Labute approximate surface area is 124 Å². The molecule has 0 aliphatic heterocycles. The van der Waals surface area contributed by atoms with Crippen LogP contribution >= 0.6 is 27.5 Å². The topological polar surface area (TPSA) is 72.2 Å². The van der Waals surface area contributed by atoms with Crippen LogP contribution in [0.4, 0.5) is 11.4 Å². The lowest BCUT2D eigenvalue weighted by Gasteiger charge is -2.10. The van der Waals surface area contributed by atoms with Crippen molar-refractivity contribution in [3.8, 4) is 0 Å². The highest BCUT2D eigenvalue weighted by Gasteiger charge is 2.18. The summed E-state index contributed by atoms with van der Waals surface area (Å²) in [6.07, 6.45) is 0. The van der Waals surface area contributed by atoms with Crippen molar-refractivity contribution < 1.29 is 8.42 Å². The van der Waals surface area contributed by atoms with Gasteiger partial charge in [0.15, 0.2) is 0 Å². The first-order chi connectivity index (χ1) is 8.88. The molecular weight excluding hydrogens is 352 g/mol. The van der Waals surface area contributed by atoms with Gasteiger partial charge >= 0.3 is 0 Å². The Morgan fingerprint density at radius 1 is 1.11 bits per heavy atom. The summed E-state index contributed by atoms with van der Waals surface area (Å²) in [5.74, 6) is 0. The maximum atomic E-state index is 12.2. The van der Waals surface area contributed by atoms with Crippen LogP contribution in [0.5, 0.6) is 0 Å². The Morgan fingerprint density at radius 3 is 2.37 bits per heavy atom. The number of nitrogen functional groups attached to an aromatic ring is 1. The standard InChI is InChI=1S/C12H10BrClN2O2S/c13-11-6-3-9(15)7-12(11)19(17,18)16-10-4-1-8(14)2-5-10/h1-7,16H,15H2. The van der Waals surface area contributed by atoms with E-state index in [2.05, 4.69) is 20.7 Å². The van der Waals surface area contributed by atoms with Gasteiger partial charge in [0.25, 0.3) is 10.0 Å². The molecule has 2 rings (SSSR count). The van der Waals surface area contributed by atoms with Crippen LogP contribution in [-0.4, -0.2) is 8.42 Å². The number of hydrogen-bond donors (Lipinski definition) is 2. The van der Waals surface area contributed by atoms with Gasteiger partial charge in [0.1, 0.15) is 4.90 Å². The number of rotatable bonds is 3. The molecule has 0 heterocycles. The molecule has 3 N–H and O–H groups in total. The van der Waals surface area contributed by atoms with Crippen molar-refractivity contribution in [2.75, 3.05) is 10.5 Å². The third-order valence-corrected chi connectivity index (χ3v) is 4.97. The first-order valence-corrected chi connectivity index (χ1v) is 7.87. The number of halogens is 2. The number of hydrogen-bond acceptors (Lipinski definition) is 3. The van der Waals surface area contributed by atoms with Crippen molar-refractivity contribution in [2.24, 2.45) is 0 Å². The molecule has 0 aliphatic rings. The molecule has 0 amide bonds. The predicted octanol–water partition coefficient (Wildman–Crippen LogP) is 3.49. The fourth-order valence-electron chi connectivity index (χ4n) is 1.45. The molecule has 0 unspecified atom stereocenters. The quantitative estimate of drug-likeness (QED) is 0.822. The molecule has 0 saturated carbocycles. The molecule has 2 aromatic rings. The molecule has 4 nitrogen and oxygen atoms in total. The lowest BCUT2D eigenvalue weighted by Crippen LogP contribution is -2.13. The first-order valence-electron chi connectivity index (χ1n) is 5.22. The smallest absolute Gasteiger partial charge is 0.263 e. The number of benzene rings is 2. The van der Waals surface area contributed by atoms with Gasteiger partial charge in [-0.2, -0.15) is 0 Å². The summed E-state index contributed by atoms with van der Waals surface area (Å²) in [4.78, 5) is 0.0856. The van der Waals surface area contributed by atoms with Gasteiger partial charge in [0.2, 0.25) is 0 Å². The minimum absolute atomic E-state index is 0.0856. The third-order valence-electron chi connectivity index (χ3n) is 2.34. The van der Waals surface area contributed by atoms with E-state index in [1.165, 1.54) is 6.07 Å². The van der Waals surface area contributed by atoms with Crippen LogP contribution in [-0.2, 0) is 10.0 Å². The lowest BCUT2D eigenvalue weighted by molar-refractivity contribution is 0.601. The van der Waals surface area contributed by atoms with E-state index < -0.39 is 10.0 Å². The first kappa shape index (κ1) is 14.2. The molecule has 0 bridgehead atoms. The number of nitrogens with one attached hydrogen (secondary N) is 1. The average molecular weight is 362 g/mol. The maximum absolute atomic E-state index is 12.2. The summed E-state index contributed by atoms with van der Waals surface area (Å²) in [6.45, 7) is 0. The number of nitrogens with two attached hydrogens (primary N) is 1. The zero-order valence-electron chi connectivity index (χ0n) is 9.60. The third kappa shape index (κ3) is 3.40. The highest BCUT2D eigenvalue weighted by atomic mass is 79.9. The predicted molar refractivity (Wildman–Crippen MR) is 80.8 cm³/mol. The zero-order valence-corrected chi connectivity index (χ0v) is 12.8. The average Bonchev–Trinajstić information content (AvgIpc) is 2.35. The fraction of sp³-hybridized carbons (Fsp3) is 0. The summed E-state index contributed by atoms with van der Waals surface area (Å²) in [5, 5.41) is 0.535. The molecule has 0 atom stereocenters. The molecule has 100 valence electrons. The highest BCUT2D eigenvalue weighted by Crippen LogP contribution is 2.26. The maximum Gasteiger partial charge on any atom is 0.263 e. The Balaban J connectivity index is 2.37. The van der Waals surface area contributed by atoms with Gasteiger partial charge in [-0.25, -0.2) is 8.42 Å². The van der Waals surface area contributed by atoms with Crippen LogP contribution in [0, 0.1) is 0 Å². The molecule has 19 heavy (non-hydrogen) atoms. The van der Waals surface area contributed by atoms with Crippen LogP contribution in [0.2, 0.25) is 5.02 Å². The molecule has 2 aromatic carbocycles. The second kappa shape index (κ2) is 5.40. The normalized spacial score (nSPS) is 11.3. The van der Waals surface area contributed by atoms with Gasteiger partial charge in [-0.1, -0.05) is 11.6 Å². The van der Waals surface area contributed by atoms with Gasteiger partial charge in [0.05, 0.1) is 0 Å². The van der Waals surface area contributed by atoms with Gasteiger partial charge in [-0.15, -0.1) is 0 Å².